The molecule has 1 aromatic carbocycles. The highest BCUT2D eigenvalue weighted by Gasteiger charge is 2.57. The van der Waals surface area contributed by atoms with Gasteiger partial charge in [-0.05, 0) is 25.3 Å². The normalized spacial score (nSPS) is 29.4. The minimum absolute atomic E-state index is 0.507. The van der Waals surface area contributed by atoms with Gasteiger partial charge in [-0.15, -0.1) is 0 Å². The summed E-state index contributed by atoms with van der Waals surface area (Å²) in [4.78, 5) is 0. The lowest BCUT2D eigenvalue weighted by Gasteiger charge is -2.50. The average Bonchev–Trinajstić information content (AvgIpc) is 2.35. The minimum Gasteiger partial charge on any atom is -0.493 e. The van der Waals surface area contributed by atoms with Gasteiger partial charge in [0.25, 0.3) is 0 Å². The van der Waals surface area contributed by atoms with E-state index in [4.69, 9.17) is 4.74 Å². The van der Waals surface area contributed by atoms with Crippen molar-refractivity contribution in [3.63, 3.8) is 0 Å². The first-order chi connectivity index (χ1) is 8.22. The van der Waals surface area contributed by atoms with Gasteiger partial charge >= 0.3 is 0 Å². The van der Waals surface area contributed by atoms with Gasteiger partial charge < -0.3 is 9.84 Å². The summed E-state index contributed by atoms with van der Waals surface area (Å²) >= 11 is 0. The topological polar surface area (TPSA) is 53.2 Å². The van der Waals surface area contributed by atoms with Crippen LogP contribution in [-0.4, -0.2) is 17.3 Å². The zero-order valence-electron chi connectivity index (χ0n) is 9.65. The van der Waals surface area contributed by atoms with Crippen LogP contribution in [0.3, 0.4) is 0 Å². The van der Waals surface area contributed by atoms with E-state index in [2.05, 4.69) is 6.07 Å². The molecule has 1 fully saturated rings. The highest BCUT2D eigenvalue weighted by molar-refractivity contribution is 5.48. The van der Waals surface area contributed by atoms with Crippen molar-refractivity contribution in [2.75, 3.05) is 6.61 Å². The lowest BCUT2D eigenvalue weighted by atomic mass is 9.57. The molecule has 1 saturated carbocycles. The standard InChI is InChI=1S/C14H15NO2/c15-10-13(14(16)6-3-7-14)8-9-17-12-5-2-1-4-11(12)13/h1-2,4-5,16H,3,6-9H2. The Morgan fingerprint density at radius 1 is 1.24 bits per heavy atom. The predicted molar refractivity (Wildman–Crippen MR) is 62.6 cm³/mol. The van der Waals surface area contributed by atoms with Crippen LogP contribution in [0.5, 0.6) is 5.75 Å². The smallest absolute Gasteiger partial charge is 0.124 e. The molecule has 2 aliphatic rings. The minimum atomic E-state index is -0.859. The van der Waals surface area contributed by atoms with Gasteiger partial charge in [0.2, 0.25) is 0 Å². The number of hydrogen-bond acceptors (Lipinski definition) is 3. The molecule has 3 rings (SSSR count). The summed E-state index contributed by atoms with van der Waals surface area (Å²) in [6, 6.07) is 9.98. The van der Waals surface area contributed by atoms with Crippen LogP contribution in [0.1, 0.15) is 31.2 Å². The molecular weight excluding hydrogens is 214 g/mol. The number of rotatable bonds is 1. The monoisotopic (exact) mass is 229 g/mol. The van der Waals surface area contributed by atoms with Gasteiger partial charge in [-0.3, -0.25) is 0 Å². The third kappa shape index (κ3) is 1.25. The molecule has 1 atom stereocenters. The van der Waals surface area contributed by atoms with Crippen molar-refractivity contribution in [2.24, 2.45) is 0 Å². The van der Waals surface area contributed by atoms with E-state index in [-0.39, 0.29) is 0 Å². The van der Waals surface area contributed by atoms with Crippen molar-refractivity contribution in [1.29, 1.82) is 5.26 Å². The molecule has 1 aliphatic carbocycles. The third-order valence-corrected chi connectivity index (χ3v) is 4.25. The molecule has 3 nitrogen and oxygen atoms in total. The average molecular weight is 229 g/mol. The van der Waals surface area contributed by atoms with Crippen molar-refractivity contribution in [1.82, 2.24) is 0 Å². The van der Waals surface area contributed by atoms with E-state index in [1.807, 2.05) is 24.3 Å². The molecule has 17 heavy (non-hydrogen) atoms. The lowest BCUT2D eigenvalue weighted by molar-refractivity contribution is -0.0922. The number of para-hydroxylation sites is 1. The van der Waals surface area contributed by atoms with Gasteiger partial charge in [0, 0.05) is 12.0 Å². The van der Waals surface area contributed by atoms with Gasteiger partial charge in [0.05, 0.1) is 18.3 Å². The molecule has 0 aromatic heterocycles. The second kappa shape index (κ2) is 3.48. The van der Waals surface area contributed by atoms with Crippen molar-refractivity contribution in [3.05, 3.63) is 29.8 Å². The van der Waals surface area contributed by atoms with Gasteiger partial charge in [0.15, 0.2) is 0 Å². The van der Waals surface area contributed by atoms with Crippen molar-refractivity contribution < 1.29 is 9.84 Å². The zero-order chi connectivity index (χ0) is 11.9. The number of nitriles is 1. The fourth-order valence-electron chi connectivity index (χ4n) is 3.04. The first kappa shape index (κ1) is 10.6. The third-order valence-electron chi connectivity index (χ3n) is 4.25. The Morgan fingerprint density at radius 3 is 2.65 bits per heavy atom. The molecule has 1 aromatic rings. The molecule has 3 heteroatoms. The first-order valence-corrected chi connectivity index (χ1v) is 6.08. The van der Waals surface area contributed by atoms with Crippen LogP contribution in [0.25, 0.3) is 0 Å². The maximum atomic E-state index is 10.7. The van der Waals surface area contributed by atoms with Gasteiger partial charge in [-0.1, -0.05) is 18.2 Å². The highest BCUT2D eigenvalue weighted by Crippen LogP contribution is 2.53. The predicted octanol–water partition coefficient (Wildman–Crippen LogP) is 2.15. The van der Waals surface area contributed by atoms with Crippen molar-refractivity contribution in [3.8, 4) is 11.8 Å². The number of nitrogens with zero attached hydrogens (tertiary/aromatic N) is 1. The molecule has 1 aliphatic heterocycles. The van der Waals surface area contributed by atoms with Crippen LogP contribution in [0.15, 0.2) is 24.3 Å². The quantitative estimate of drug-likeness (QED) is 0.802. The SMILES string of the molecule is N#CC1(C2(O)CCC2)CCOc2ccccc21. The molecule has 0 bridgehead atoms. The zero-order valence-corrected chi connectivity index (χ0v) is 9.65. The number of benzene rings is 1. The number of aliphatic hydroxyl groups is 1. The largest absolute Gasteiger partial charge is 0.493 e. The molecule has 0 saturated heterocycles. The molecule has 0 amide bonds. The van der Waals surface area contributed by atoms with Gasteiger partial charge in [-0.2, -0.15) is 5.26 Å². The Bertz CT molecular complexity index is 487. The molecule has 88 valence electrons. The van der Waals surface area contributed by atoms with E-state index in [0.29, 0.717) is 13.0 Å². The van der Waals surface area contributed by atoms with E-state index in [9.17, 15) is 10.4 Å². The fraction of sp³-hybridized carbons (Fsp3) is 0.500. The molecule has 0 radical (unpaired) electrons. The summed E-state index contributed by atoms with van der Waals surface area (Å²) in [6.07, 6.45) is 3.02. The summed E-state index contributed by atoms with van der Waals surface area (Å²) < 4.78 is 5.58. The van der Waals surface area contributed by atoms with Crippen LogP contribution in [0, 0.1) is 11.3 Å². The van der Waals surface area contributed by atoms with Crippen LogP contribution in [-0.2, 0) is 5.41 Å². The van der Waals surface area contributed by atoms with Crippen LogP contribution >= 0.6 is 0 Å². The van der Waals surface area contributed by atoms with Gasteiger partial charge in [-0.25, -0.2) is 0 Å². The first-order valence-electron chi connectivity index (χ1n) is 6.08. The van der Waals surface area contributed by atoms with Crippen LogP contribution in [0.4, 0.5) is 0 Å². The second-order valence-corrected chi connectivity index (χ2v) is 5.00. The Hall–Kier alpha value is -1.53. The maximum absolute atomic E-state index is 10.7. The fourth-order valence-corrected chi connectivity index (χ4v) is 3.04. The second-order valence-electron chi connectivity index (χ2n) is 5.00. The molecule has 0 spiro atoms. The van der Waals surface area contributed by atoms with E-state index in [1.165, 1.54) is 0 Å². The van der Waals surface area contributed by atoms with E-state index in [0.717, 1.165) is 30.6 Å². The molecule has 1 N–H and O–H groups in total. The maximum Gasteiger partial charge on any atom is 0.124 e. The van der Waals surface area contributed by atoms with Crippen molar-refractivity contribution in [2.45, 2.75) is 36.7 Å². The molecular formula is C14H15NO2. The Kier molecular flexibility index (Phi) is 2.17. The van der Waals surface area contributed by atoms with Gasteiger partial charge in [0.1, 0.15) is 11.2 Å². The highest BCUT2D eigenvalue weighted by atomic mass is 16.5. The number of ether oxygens (including phenoxy) is 1. The summed E-state index contributed by atoms with van der Waals surface area (Å²) in [5, 5.41) is 20.3. The van der Waals surface area contributed by atoms with Crippen LogP contribution in [0.2, 0.25) is 0 Å². The van der Waals surface area contributed by atoms with Crippen molar-refractivity contribution >= 4 is 0 Å². The molecule has 1 heterocycles. The Morgan fingerprint density at radius 2 is 2.00 bits per heavy atom. The lowest BCUT2D eigenvalue weighted by Crippen LogP contribution is -2.57. The van der Waals surface area contributed by atoms with E-state index in [1.54, 1.807) is 0 Å². The molecule has 1 unspecified atom stereocenters. The van der Waals surface area contributed by atoms with E-state index >= 15 is 0 Å². The summed E-state index contributed by atoms with van der Waals surface area (Å²) in [5.41, 5.74) is -0.780. The Balaban J connectivity index is 2.17. The van der Waals surface area contributed by atoms with Crippen LogP contribution < -0.4 is 4.74 Å². The number of fused-ring (bicyclic) bond motifs is 1. The summed E-state index contributed by atoms with van der Waals surface area (Å²) in [5.74, 6) is 0.751. The summed E-state index contributed by atoms with van der Waals surface area (Å²) in [7, 11) is 0. The van der Waals surface area contributed by atoms with E-state index < -0.39 is 11.0 Å². The number of hydrogen-bond donors (Lipinski definition) is 1. The summed E-state index contributed by atoms with van der Waals surface area (Å²) in [6.45, 7) is 0.507. The Labute approximate surface area is 101 Å².